The second-order valence-corrected chi connectivity index (χ2v) is 5.59. The van der Waals surface area contributed by atoms with Crippen molar-refractivity contribution in [3.63, 3.8) is 0 Å². The van der Waals surface area contributed by atoms with Gasteiger partial charge in [0.15, 0.2) is 11.5 Å². The minimum absolute atomic E-state index is 0.641. The predicted octanol–water partition coefficient (Wildman–Crippen LogP) is 1.83. The second-order valence-electron chi connectivity index (χ2n) is 4.75. The van der Waals surface area contributed by atoms with Gasteiger partial charge in [0.05, 0.1) is 14.2 Å². The minimum Gasteiger partial charge on any atom is -0.493 e. The third-order valence-electron chi connectivity index (χ3n) is 3.59. The monoisotopic (exact) mass is 282 g/mol. The van der Waals surface area contributed by atoms with E-state index in [4.69, 9.17) is 9.47 Å². The molecule has 1 aromatic rings. The summed E-state index contributed by atoms with van der Waals surface area (Å²) in [6, 6.07) is 4.79. The zero-order valence-electron chi connectivity index (χ0n) is 12.0. The van der Waals surface area contributed by atoms with Crippen molar-refractivity contribution < 1.29 is 9.47 Å². The molecular formula is C14H22N2O2S. The fourth-order valence-electron chi connectivity index (χ4n) is 2.20. The van der Waals surface area contributed by atoms with Gasteiger partial charge in [-0.2, -0.15) is 0 Å². The normalized spacial score (nSPS) is 15.4. The van der Waals surface area contributed by atoms with Gasteiger partial charge in [0, 0.05) is 30.6 Å². The number of likely N-dealkylation sites (N-methyl/N-ethyl adjacent to an activating group) is 1. The molecule has 0 aliphatic carbocycles. The van der Waals surface area contributed by atoms with Crippen molar-refractivity contribution in [1.82, 2.24) is 10.2 Å². The van der Waals surface area contributed by atoms with Crippen LogP contribution in [-0.4, -0.2) is 51.6 Å². The quantitative estimate of drug-likeness (QED) is 0.805. The van der Waals surface area contributed by atoms with E-state index in [1.165, 1.54) is 10.5 Å². The van der Waals surface area contributed by atoms with Crippen molar-refractivity contribution in [2.45, 2.75) is 17.5 Å². The summed E-state index contributed by atoms with van der Waals surface area (Å²) in [5, 5.41) is 3.31. The first kappa shape index (κ1) is 14.5. The van der Waals surface area contributed by atoms with Crippen LogP contribution in [0.1, 0.15) is 5.56 Å². The van der Waals surface area contributed by atoms with Gasteiger partial charge in [-0.3, -0.25) is 4.90 Å². The first-order valence-corrected chi connectivity index (χ1v) is 7.62. The summed E-state index contributed by atoms with van der Waals surface area (Å²) in [6.07, 6.45) is 2.09. The van der Waals surface area contributed by atoms with Crippen LogP contribution < -0.4 is 14.8 Å². The number of nitrogens with zero attached hydrogens (tertiary/aromatic N) is 1. The van der Waals surface area contributed by atoms with Crippen LogP contribution >= 0.6 is 11.8 Å². The van der Waals surface area contributed by atoms with Crippen molar-refractivity contribution in [2.75, 3.05) is 40.6 Å². The average Bonchev–Trinajstić information content (AvgIpc) is 2.36. The number of ether oxygens (including phenoxy) is 2. The molecule has 1 aliphatic rings. The smallest absolute Gasteiger partial charge is 0.161 e. The first-order valence-electron chi connectivity index (χ1n) is 6.39. The fourth-order valence-corrected chi connectivity index (χ4v) is 2.81. The number of hydrogen-bond acceptors (Lipinski definition) is 5. The van der Waals surface area contributed by atoms with Gasteiger partial charge in [-0.1, -0.05) is 0 Å². The highest BCUT2D eigenvalue weighted by Crippen LogP contribution is 2.35. The molecule has 0 radical (unpaired) electrons. The van der Waals surface area contributed by atoms with Crippen molar-refractivity contribution >= 4 is 11.8 Å². The fraction of sp³-hybridized carbons (Fsp3) is 0.571. The Balaban J connectivity index is 2.21. The van der Waals surface area contributed by atoms with Gasteiger partial charge in [-0.25, -0.2) is 0 Å². The molecule has 0 saturated carbocycles. The predicted molar refractivity (Wildman–Crippen MR) is 79.5 cm³/mol. The molecule has 0 unspecified atom stereocenters. The Hall–Kier alpha value is -0.910. The van der Waals surface area contributed by atoms with Gasteiger partial charge in [0.25, 0.3) is 0 Å². The van der Waals surface area contributed by atoms with Crippen LogP contribution in [0, 0.1) is 0 Å². The van der Waals surface area contributed by atoms with E-state index >= 15 is 0 Å². The summed E-state index contributed by atoms with van der Waals surface area (Å²) in [6.45, 7) is 3.10. The standard InChI is InChI=1S/C14H22N2O2S/c1-16(11-7-15-8-11)9-10-5-12(17-2)13(18-3)6-14(10)19-4/h5-6,11,15H,7-9H2,1-4H3. The van der Waals surface area contributed by atoms with Gasteiger partial charge in [0.1, 0.15) is 0 Å². The number of methoxy groups -OCH3 is 2. The van der Waals surface area contributed by atoms with E-state index in [1.54, 1.807) is 26.0 Å². The van der Waals surface area contributed by atoms with Crippen molar-refractivity contribution in [1.29, 1.82) is 0 Å². The van der Waals surface area contributed by atoms with Crippen LogP contribution in [0.3, 0.4) is 0 Å². The highest BCUT2D eigenvalue weighted by Gasteiger charge is 2.22. The molecule has 19 heavy (non-hydrogen) atoms. The molecule has 1 N–H and O–H groups in total. The number of benzene rings is 1. The van der Waals surface area contributed by atoms with Crippen LogP contribution in [0.4, 0.5) is 0 Å². The zero-order chi connectivity index (χ0) is 13.8. The summed E-state index contributed by atoms with van der Waals surface area (Å²) in [4.78, 5) is 3.63. The molecule has 4 nitrogen and oxygen atoms in total. The van der Waals surface area contributed by atoms with Crippen molar-refractivity contribution in [3.05, 3.63) is 17.7 Å². The van der Waals surface area contributed by atoms with E-state index in [0.29, 0.717) is 6.04 Å². The summed E-state index contributed by atoms with van der Waals surface area (Å²) in [5.41, 5.74) is 1.29. The molecule has 0 amide bonds. The Morgan fingerprint density at radius 2 is 1.89 bits per heavy atom. The molecule has 0 spiro atoms. The average molecular weight is 282 g/mol. The van der Waals surface area contributed by atoms with Crippen LogP contribution in [0.15, 0.2) is 17.0 Å². The summed E-state index contributed by atoms with van der Waals surface area (Å²) in [7, 11) is 5.53. The maximum atomic E-state index is 5.39. The lowest BCUT2D eigenvalue weighted by Crippen LogP contribution is -2.55. The van der Waals surface area contributed by atoms with Crippen LogP contribution in [-0.2, 0) is 6.54 Å². The SMILES string of the molecule is COc1cc(CN(C)C2CNC2)c(SC)cc1OC. The molecule has 0 aromatic heterocycles. The van der Waals surface area contributed by atoms with Crippen LogP contribution in [0.5, 0.6) is 11.5 Å². The van der Waals surface area contributed by atoms with E-state index in [9.17, 15) is 0 Å². The van der Waals surface area contributed by atoms with E-state index in [0.717, 1.165) is 31.1 Å². The lowest BCUT2D eigenvalue weighted by Gasteiger charge is -2.36. The van der Waals surface area contributed by atoms with Crippen LogP contribution in [0.25, 0.3) is 0 Å². The number of nitrogens with one attached hydrogen (secondary N) is 1. The van der Waals surface area contributed by atoms with Crippen molar-refractivity contribution in [2.24, 2.45) is 0 Å². The highest BCUT2D eigenvalue weighted by atomic mass is 32.2. The van der Waals surface area contributed by atoms with Gasteiger partial charge in [-0.05, 0) is 31.0 Å². The number of rotatable bonds is 6. The summed E-state index contributed by atoms with van der Waals surface area (Å²) in [5.74, 6) is 1.60. The number of thioether (sulfide) groups is 1. The van der Waals surface area contributed by atoms with Gasteiger partial charge in [-0.15, -0.1) is 11.8 Å². The Bertz CT molecular complexity index is 436. The lowest BCUT2D eigenvalue weighted by atomic mass is 10.1. The molecule has 0 atom stereocenters. The van der Waals surface area contributed by atoms with Crippen LogP contribution in [0.2, 0.25) is 0 Å². The Kier molecular flexibility index (Phi) is 4.96. The molecule has 5 heteroatoms. The maximum Gasteiger partial charge on any atom is 0.161 e. The third kappa shape index (κ3) is 3.16. The van der Waals surface area contributed by atoms with E-state index < -0.39 is 0 Å². The van der Waals surface area contributed by atoms with E-state index in [-0.39, 0.29) is 0 Å². The Morgan fingerprint density at radius 1 is 1.26 bits per heavy atom. The van der Waals surface area contributed by atoms with E-state index in [2.05, 4.69) is 35.7 Å². The molecule has 0 bridgehead atoms. The van der Waals surface area contributed by atoms with E-state index in [1.807, 2.05) is 0 Å². The molecule has 1 heterocycles. The molecule has 1 fully saturated rings. The van der Waals surface area contributed by atoms with Gasteiger partial charge < -0.3 is 14.8 Å². The molecule has 1 saturated heterocycles. The maximum absolute atomic E-state index is 5.39. The molecule has 1 aromatic carbocycles. The van der Waals surface area contributed by atoms with Gasteiger partial charge in [0.2, 0.25) is 0 Å². The first-order chi connectivity index (χ1) is 9.19. The topological polar surface area (TPSA) is 33.7 Å². The second kappa shape index (κ2) is 6.50. The summed E-state index contributed by atoms with van der Waals surface area (Å²) < 4.78 is 10.8. The van der Waals surface area contributed by atoms with Crippen molar-refractivity contribution in [3.8, 4) is 11.5 Å². The minimum atomic E-state index is 0.641. The Morgan fingerprint density at radius 3 is 2.37 bits per heavy atom. The molecule has 106 valence electrons. The van der Waals surface area contributed by atoms with Gasteiger partial charge >= 0.3 is 0 Å². The largest absolute Gasteiger partial charge is 0.493 e. The molecule has 2 rings (SSSR count). The lowest BCUT2D eigenvalue weighted by molar-refractivity contribution is 0.172. The Labute approximate surface area is 119 Å². The zero-order valence-corrected chi connectivity index (χ0v) is 12.8. The number of hydrogen-bond donors (Lipinski definition) is 1. The molecular weight excluding hydrogens is 260 g/mol. The highest BCUT2D eigenvalue weighted by molar-refractivity contribution is 7.98. The molecule has 1 aliphatic heterocycles. The summed E-state index contributed by atoms with van der Waals surface area (Å²) >= 11 is 1.75. The third-order valence-corrected chi connectivity index (χ3v) is 4.41.